The Balaban J connectivity index is 0.000000634. The van der Waals surface area contributed by atoms with Crippen LogP contribution >= 0.6 is 0 Å². The second-order valence-corrected chi connectivity index (χ2v) is 17.0. The third-order valence-corrected chi connectivity index (χ3v) is 13.5. The van der Waals surface area contributed by atoms with E-state index in [4.69, 9.17) is 21.3 Å². The molecule has 1 unspecified atom stereocenters. The van der Waals surface area contributed by atoms with Gasteiger partial charge in [0.25, 0.3) is 0 Å². The number of fused-ring (bicyclic) bond motifs is 5. The molecule has 0 heterocycles. The van der Waals surface area contributed by atoms with Crippen molar-refractivity contribution in [2.75, 3.05) is 6.61 Å². The number of allylic oxidation sites excluding steroid dienone is 1. The molecule has 5 N–H and O–H groups in total. The van der Waals surface area contributed by atoms with Crippen molar-refractivity contribution in [1.82, 2.24) is 5.32 Å². The van der Waals surface area contributed by atoms with Crippen molar-refractivity contribution in [3.05, 3.63) is 23.1 Å². The average Bonchev–Trinajstić information content (AvgIpc) is 3.38. The van der Waals surface area contributed by atoms with Crippen molar-refractivity contribution in [2.24, 2.45) is 46.3 Å². The van der Waals surface area contributed by atoms with Crippen LogP contribution < -0.4 is 5.32 Å². The summed E-state index contributed by atoms with van der Waals surface area (Å²) in [5.74, 6) is 1.57. The number of hydrogen-bond donors (Lipinski definition) is 3. The van der Waals surface area contributed by atoms with Crippen molar-refractivity contribution in [1.29, 1.82) is 0 Å². The Morgan fingerprint density at radius 1 is 0.939 bits per heavy atom. The molecule has 9 nitrogen and oxygen atoms in total. The fourth-order valence-corrected chi connectivity index (χ4v) is 10.7. The Bertz CT molecular complexity index is 1140. The van der Waals surface area contributed by atoms with Gasteiger partial charge in [-0.1, -0.05) is 91.2 Å². The summed E-state index contributed by atoms with van der Waals surface area (Å²) in [6.45, 7) is 12.1. The van der Waals surface area contributed by atoms with Crippen LogP contribution in [-0.2, 0) is 40.2 Å². The van der Waals surface area contributed by atoms with E-state index in [1.807, 2.05) is 0 Å². The van der Waals surface area contributed by atoms with Crippen molar-refractivity contribution >= 4 is 17.8 Å². The summed E-state index contributed by atoms with van der Waals surface area (Å²) in [5.41, 5.74) is 16.7. The average molecular weight is 867 g/mol. The van der Waals surface area contributed by atoms with E-state index >= 15 is 0 Å². The summed E-state index contributed by atoms with van der Waals surface area (Å²) in [7, 11) is 0. The van der Waals surface area contributed by atoms with Crippen LogP contribution in [0.5, 0.6) is 0 Å². The number of ether oxygens (including phenoxy) is 1. The minimum atomic E-state index is -1.45. The van der Waals surface area contributed by atoms with Crippen molar-refractivity contribution in [3.8, 4) is 0 Å². The monoisotopic (exact) mass is 866 g/mol. The largest absolute Gasteiger partial charge is 2.00 e. The van der Waals surface area contributed by atoms with Gasteiger partial charge in [0.15, 0.2) is 0 Å². The number of hydrogen-bond acceptors (Lipinski definition) is 4. The zero-order chi connectivity index (χ0) is 35.2. The zero-order valence-electron chi connectivity index (χ0n) is 30.7. The van der Waals surface area contributed by atoms with Crippen LogP contribution in [0.3, 0.4) is 0 Å². The van der Waals surface area contributed by atoms with Crippen LogP contribution in [0.15, 0.2) is 11.6 Å². The van der Waals surface area contributed by atoms with Gasteiger partial charge in [-0.05, 0) is 97.7 Å². The molecule has 10 heteroatoms. The van der Waals surface area contributed by atoms with Crippen molar-refractivity contribution < 1.29 is 50.4 Å². The number of carbonyl (C=O) groups excluding carboxylic acids is 1. The van der Waals surface area contributed by atoms with Gasteiger partial charge in [-0.3, -0.25) is 9.59 Å². The third-order valence-electron chi connectivity index (χ3n) is 13.5. The number of rotatable bonds is 12. The summed E-state index contributed by atoms with van der Waals surface area (Å²) in [6.07, 6.45) is 19.5. The summed E-state index contributed by atoms with van der Waals surface area (Å²) in [6, 6.07) is -1.61. The summed E-state index contributed by atoms with van der Waals surface area (Å²) in [4.78, 5) is 34.5. The van der Waals surface area contributed by atoms with Gasteiger partial charge in [0.05, 0.1) is 12.5 Å². The Hall–Kier alpha value is -1.28. The molecule has 282 valence electrons. The molecule has 5 aliphatic carbocycles. The number of amides is 1. The summed E-state index contributed by atoms with van der Waals surface area (Å²) >= 11 is 0. The fourth-order valence-electron chi connectivity index (χ4n) is 10.7. The number of carbonyl (C=O) groups is 3. The second kappa shape index (κ2) is 18.5. The molecule has 1 amide bonds. The van der Waals surface area contributed by atoms with Crippen LogP contribution in [0, 0.1) is 46.3 Å². The first-order chi connectivity index (χ1) is 22.7. The molecule has 0 saturated heterocycles. The first-order valence-electron chi connectivity index (χ1n) is 19.1. The summed E-state index contributed by atoms with van der Waals surface area (Å²) < 4.78 is 5.94. The van der Waals surface area contributed by atoms with Crippen LogP contribution in [0.1, 0.15) is 137 Å². The molecule has 0 aromatic heterocycles. The van der Waals surface area contributed by atoms with E-state index in [1.165, 1.54) is 63.4 Å². The number of carboxylic acids is 2. The molecule has 0 bridgehead atoms. The van der Waals surface area contributed by atoms with Crippen LogP contribution in [0.25, 0.3) is 11.5 Å². The van der Waals surface area contributed by atoms with E-state index in [9.17, 15) is 19.5 Å². The van der Waals surface area contributed by atoms with E-state index in [1.54, 1.807) is 0 Å². The SMILES string of the molecule is CC(C)CCC[C@@H](C)[C@H]1CC[C@H]2[C@@H]3CC=C4C[C@@H](OCC(=O)NC(CC(=O)O)C(=O)O)CC[C@]4(C)[C@H]3CC[C@]12C.[NH-][C@@H]1CCCC[C@H]1[NH-].[Pt+2]. The topological polar surface area (TPSA) is 161 Å². The van der Waals surface area contributed by atoms with Gasteiger partial charge in [-0.15, -0.1) is 0 Å². The van der Waals surface area contributed by atoms with Gasteiger partial charge >= 0.3 is 33.0 Å². The minimum absolute atomic E-state index is 0. The van der Waals surface area contributed by atoms with Gasteiger partial charge in [0, 0.05) is 0 Å². The molecule has 0 aliphatic heterocycles. The van der Waals surface area contributed by atoms with E-state index in [0.717, 1.165) is 74.0 Å². The van der Waals surface area contributed by atoms with Crippen LogP contribution in [-0.4, -0.2) is 58.9 Å². The van der Waals surface area contributed by atoms with Crippen molar-refractivity contribution in [3.63, 3.8) is 0 Å². The molecule has 0 aromatic rings. The molecular formula is C39H65N3O6Pt. The predicted molar refractivity (Wildman–Crippen MR) is 189 cm³/mol. The normalized spacial score (nSPS) is 36.3. The van der Waals surface area contributed by atoms with Gasteiger partial charge < -0.3 is 31.7 Å². The van der Waals surface area contributed by atoms with E-state index in [0.29, 0.717) is 5.41 Å². The molecule has 0 spiro atoms. The fraction of sp³-hybridized carbons (Fsp3) is 0.872. The Kier molecular flexibility index (Phi) is 15.9. The van der Waals surface area contributed by atoms with Gasteiger partial charge in [-0.25, -0.2) is 4.79 Å². The summed E-state index contributed by atoms with van der Waals surface area (Å²) in [5, 5.41) is 20.4. The predicted octanol–water partition coefficient (Wildman–Crippen LogP) is 8.86. The molecule has 0 aromatic carbocycles. The second-order valence-electron chi connectivity index (χ2n) is 17.0. The van der Waals surface area contributed by atoms with Gasteiger partial charge in [-0.2, -0.15) is 12.1 Å². The maximum atomic E-state index is 12.3. The first-order valence-corrected chi connectivity index (χ1v) is 19.1. The maximum Gasteiger partial charge on any atom is 2.00 e. The molecule has 0 radical (unpaired) electrons. The minimum Gasteiger partial charge on any atom is -0.676 e. The molecule has 4 fully saturated rings. The number of nitrogens with one attached hydrogen (secondary N) is 3. The van der Waals surface area contributed by atoms with Crippen LogP contribution in [0.2, 0.25) is 0 Å². The van der Waals surface area contributed by atoms with Gasteiger partial charge in [0.1, 0.15) is 12.6 Å². The molecule has 11 atom stereocenters. The smallest absolute Gasteiger partial charge is 0.676 e. The molecule has 5 aliphatic rings. The number of aliphatic carboxylic acids is 2. The van der Waals surface area contributed by atoms with Crippen LogP contribution in [0.4, 0.5) is 0 Å². The molecule has 5 rings (SSSR count). The zero-order valence-corrected chi connectivity index (χ0v) is 33.0. The number of carboxylic acid groups (broad SMARTS) is 2. The van der Waals surface area contributed by atoms with E-state index in [-0.39, 0.29) is 51.3 Å². The van der Waals surface area contributed by atoms with Crippen molar-refractivity contribution in [2.45, 2.75) is 162 Å². The molecular weight excluding hydrogens is 802 g/mol. The quantitative estimate of drug-likeness (QED) is 0.166. The third kappa shape index (κ3) is 10.4. The van der Waals surface area contributed by atoms with E-state index in [2.05, 4.69) is 46.0 Å². The van der Waals surface area contributed by atoms with Gasteiger partial charge in [0.2, 0.25) is 5.91 Å². The Morgan fingerprint density at radius 2 is 1.61 bits per heavy atom. The maximum absolute atomic E-state index is 12.3. The Labute approximate surface area is 310 Å². The molecule has 4 saturated carbocycles. The molecule has 49 heavy (non-hydrogen) atoms. The van der Waals surface area contributed by atoms with E-state index < -0.39 is 30.3 Å². The first kappa shape index (κ1) is 42.1. The Morgan fingerprint density at radius 3 is 2.20 bits per heavy atom. The standard InChI is InChI=1S/C33H53NO6.C6H12N2.Pt/c1-20(2)7-6-8-21(3)25-11-12-26-24-10-9-22-17-23(13-15-32(22,4)27(24)14-16-33(25,26)5)40-19-29(35)34-28(31(38)39)18-30(36)37;7-5-3-1-2-4-6(5)8;/h9,20-21,23-28H,6-8,10-19H2,1-5H3,(H,34,35)(H,36,37)(H,38,39);5-8H,1-4H2;/q;-2;+2/t21-,23+,24+,25-,26+,27+,28?,32+,33-;5-,6-;/m11./s1.